The van der Waals surface area contributed by atoms with Crippen LogP contribution in [0.2, 0.25) is 0 Å². The normalized spacial score (nSPS) is 18.6. The molecule has 1 saturated heterocycles. The van der Waals surface area contributed by atoms with Crippen LogP contribution in [0.4, 0.5) is 5.69 Å². The summed E-state index contributed by atoms with van der Waals surface area (Å²) in [6.07, 6.45) is -0.0117. The van der Waals surface area contributed by atoms with Crippen LogP contribution < -0.4 is 15.4 Å². The molecule has 2 aliphatic rings. The third-order valence-corrected chi connectivity index (χ3v) is 5.15. The third kappa shape index (κ3) is 4.93. The van der Waals surface area contributed by atoms with Crippen LogP contribution in [0.15, 0.2) is 48.5 Å². The number of carbonyl (C=O) groups excluding carboxylic acids is 2. The highest BCUT2D eigenvalue weighted by molar-refractivity contribution is 5.98. The van der Waals surface area contributed by atoms with Gasteiger partial charge in [0, 0.05) is 43.9 Å². The van der Waals surface area contributed by atoms with Crippen molar-refractivity contribution in [3.63, 3.8) is 0 Å². The van der Waals surface area contributed by atoms with E-state index < -0.39 is 6.10 Å². The van der Waals surface area contributed by atoms with Gasteiger partial charge in [0.2, 0.25) is 0 Å². The summed E-state index contributed by atoms with van der Waals surface area (Å²) in [6, 6.07) is 14.6. The monoisotopic (exact) mass is 395 g/mol. The molecule has 0 spiro atoms. The van der Waals surface area contributed by atoms with E-state index in [0.717, 1.165) is 44.2 Å². The number of amides is 2. The Kier molecular flexibility index (Phi) is 6.07. The molecular formula is C22H25N3O4. The minimum atomic E-state index is -0.557. The highest BCUT2D eigenvalue weighted by Crippen LogP contribution is 2.28. The molecule has 0 bridgehead atoms. The number of morpholine rings is 1. The van der Waals surface area contributed by atoms with Gasteiger partial charge in [-0.05, 0) is 29.8 Å². The first-order valence-electron chi connectivity index (χ1n) is 9.93. The fraction of sp³-hybridized carbons (Fsp3) is 0.364. The zero-order chi connectivity index (χ0) is 20.1. The van der Waals surface area contributed by atoms with Crippen LogP contribution in [0.25, 0.3) is 0 Å². The Hall–Kier alpha value is -2.90. The van der Waals surface area contributed by atoms with E-state index >= 15 is 0 Å². The van der Waals surface area contributed by atoms with Gasteiger partial charge in [0.05, 0.1) is 13.2 Å². The molecule has 0 saturated carbocycles. The van der Waals surface area contributed by atoms with Gasteiger partial charge in [-0.15, -0.1) is 0 Å². The van der Waals surface area contributed by atoms with Crippen LogP contribution >= 0.6 is 0 Å². The van der Waals surface area contributed by atoms with Gasteiger partial charge in [-0.25, -0.2) is 0 Å². The van der Waals surface area contributed by atoms with Crippen molar-refractivity contribution in [2.75, 3.05) is 44.7 Å². The topological polar surface area (TPSA) is 79.9 Å². The summed E-state index contributed by atoms with van der Waals surface area (Å²) >= 11 is 0. The largest absolute Gasteiger partial charge is 0.480 e. The first kappa shape index (κ1) is 19.4. The van der Waals surface area contributed by atoms with Crippen LogP contribution in [0, 0.1) is 0 Å². The van der Waals surface area contributed by atoms with E-state index in [-0.39, 0.29) is 11.8 Å². The summed E-state index contributed by atoms with van der Waals surface area (Å²) in [7, 11) is 0. The fourth-order valence-electron chi connectivity index (χ4n) is 3.54. The average molecular weight is 395 g/mol. The number of hydrogen-bond acceptors (Lipinski definition) is 5. The first-order valence-corrected chi connectivity index (χ1v) is 9.93. The second-order valence-corrected chi connectivity index (χ2v) is 7.20. The lowest BCUT2D eigenvalue weighted by molar-refractivity contribution is -0.122. The molecule has 0 aromatic heterocycles. The second kappa shape index (κ2) is 9.07. The summed E-state index contributed by atoms with van der Waals surface area (Å²) in [5.41, 5.74) is 2.12. The molecule has 2 N–H and O–H groups in total. The molecule has 7 heteroatoms. The van der Waals surface area contributed by atoms with Crippen LogP contribution in [-0.4, -0.2) is 62.2 Å². The Morgan fingerprint density at radius 2 is 1.90 bits per heavy atom. The summed E-state index contributed by atoms with van der Waals surface area (Å²) in [4.78, 5) is 27.3. The van der Waals surface area contributed by atoms with Crippen molar-refractivity contribution >= 4 is 17.5 Å². The minimum Gasteiger partial charge on any atom is -0.480 e. The lowest BCUT2D eigenvalue weighted by Crippen LogP contribution is -2.41. The van der Waals surface area contributed by atoms with Gasteiger partial charge >= 0.3 is 0 Å². The highest BCUT2D eigenvalue weighted by Gasteiger charge is 2.28. The number of anilines is 1. The van der Waals surface area contributed by atoms with Crippen molar-refractivity contribution in [1.29, 1.82) is 0 Å². The number of carbonyl (C=O) groups is 2. The van der Waals surface area contributed by atoms with Gasteiger partial charge in [0.15, 0.2) is 6.10 Å². The van der Waals surface area contributed by atoms with Crippen molar-refractivity contribution in [2.24, 2.45) is 0 Å². The molecule has 152 valence electrons. The molecule has 0 radical (unpaired) electrons. The van der Waals surface area contributed by atoms with E-state index in [1.54, 1.807) is 24.3 Å². The summed E-state index contributed by atoms with van der Waals surface area (Å²) in [5, 5.41) is 5.79. The number of nitrogens with one attached hydrogen (secondary N) is 2. The maximum atomic E-state index is 12.6. The number of nitrogens with zero attached hydrogens (tertiary/aromatic N) is 1. The van der Waals surface area contributed by atoms with Crippen LogP contribution in [0.5, 0.6) is 5.75 Å². The molecule has 7 nitrogen and oxygen atoms in total. The molecule has 2 aromatic rings. The second-order valence-electron chi connectivity index (χ2n) is 7.20. The lowest BCUT2D eigenvalue weighted by atomic mass is 10.1. The number of fused-ring (bicyclic) bond motifs is 1. The predicted octanol–water partition coefficient (Wildman–Crippen LogP) is 1.69. The molecule has 2 amide bonds. The number of para-hydroxylation sites is 1. The van der Waals surface area contributed by atoms with Gasteiger partial charge in [-0.1, -0.05) is 24.3 Å². The van der Waals surface area contributed by atoms with Crippen LogP contribution in [0.3, 0.4) is 0 Å². The standard InChI is InChI=1S/C22H25N3O4/c26-21(23-8-9-25-10-12-28-13-11-25)17-5-3-6-18(14-17)24-22(27)20-15-16-4-1-2-7-19(16)29-20/h1-7,14,20H,8-13,15H2,(H,23,26)(H,24,27). The highest BCUT2D eigenvalue weighted by atomic mass is 16.5. The van der Waals surface area contributed by atoms with Gasteiger partial charge in [0.1, 0.15) is 5.75 Å². The Morgan fingerprint density at radius 3 is 2.72 bits per heavy atom. The molecule has 2 aromatic carbocycles. The van der Waals surface area contributed by atoms with E-state index in [4.69, 9.17) is 9.47 Å². The van der Waals surface area contributed by atoms with Crippen LogP contribution in [0.1, 0.15) is 15.9 Å². The smallest absolute Gasteiger partial charge is 0.265 e. The SMILES string of the molecule is O=C(NCCN1CCOCC1)c1cccc(NC(=O)C2Cc3ccccc3O2)c1. The van der Waals surface area contributed by atoms with Gasteiger partial charge in [-0.2, -0.15) is 0 Å². The van der Waals surface area contributed by atoms with Crippen molar-refractivity contribution < 1.29 is 19.1 Å². The minimum absolute atomic E-state index is 0.154. The van der Waals surface area contributed by atoms with Gasteiger partial charge in [0.25, 0.3) is 11.8 Å². The summed E-state index contributed by atoms with van der Waals surface area (Å²) < 4.78 is 11.0. The summed E-state index contributed by atoms with van der Waals surface area (Å²) in [6.45, 7) is 4.64. The molecule has 1 atom stereocenters. The van der Waals surface area contributed by atoms with Crippen molar-refractivity contribution in [1.82, 2.24) is 10.2 Å². The van der Waals surface area contributed by atoms with E-state index in [9.17, 15) is 9.59 Å². The number of benzene rings is 2. The molecule has 2 aliphatic heterocycles. The Labute approximate surface area is 170 Å². The van der Waals surface area contributed by atoms with Crippen molar-refractivity contribution in [3.8, 4) is 5.75 Å². The third-order valence-electron chi connectivity index (χ3n) is 5.15. The quantitative estimate of drug-likeness (QED) is 0.778. The maximum Gasteiger partial charge on any atom is 0.265 e. The molecular weight excluding hydrogens is 370 g/mol. The Balaban J connectivity index is 1.29. The van der Waals surface area contributed by atoms with E-state index in [2.05, 4.69) is 15.5 Å². The summed E-state index contributed by atoms with van der Waals surface area (Å²) in [5.74, 6) is 0.381. The number of hydrogen-bond donors (Lipinski definition) is 2. The molecule has 1 unspecified atom stereocenters. The van der Waals surface area contributed by atoms with Crippen molar-refractivity contribution in [3.05, 3.63) is 59.7 Å². The maximum absolute atomic E-state index is 12.6. The van der Waals surface area contributed by atoms with Gasteiger partial charge < -0.3 is 20.1 Å². The molecule has 1 fully saturated rings. The zero-order valence-corrected chi connectivity index (χ0v) is 16.2. The van der Waals surface area contributed by atoms with Crippen molar-refractivity contribution in [2.45, 2.75) is 12.5 Å². The number of rotatable bonds is 6. The molecule has 2 heterocycles. The number of ether oxygens (including phenoxy) is 2. The zero-order valence-electron chi connectivity index (χ0n) is 16.2. The Morgan fingerprint density at radius 1 is 1.07 bits per heavy atom. The van der Waals surface area contributed by atoms with Crippen LogP contribution in [-0.2, 0) is 16.0 Å². The predicted molar refractivity (Wildman–Crippen MR) is 109 cm³/mol. The fourth-order valence-corrected chi connectivity index (χ4v) is 3.54. The average Bonchev–Trinajstić information content (AvgIpc) is 3.19. The lowest BCUT2D eigenvalue weighted by Gasteiger charge is -2.26. The molecule has 29 heavy (non-hydrogen) atoms. The Bertz CT molecular complexity index is 855. The van der Waals surface area contributed by atoms with E-state index in [1.165, 1.54) is 0 Å². The van der Waals surface area contributed by atoms with E-state index in [0.29, 0.717) is 24.2 Å². The molecule has 0 aliphatic carbocycles. The molecule has 4 rings (SSSR count). The first-order chi connectivity index (χ1) is 14.2. The van der Waals surface area contributed by atoms with E-state index in [1.807, 2.05) is 24.3 Å². The van der Waals surface area contributed by atoms with Gasteiger partial charge in [-0.3, -0.25) is 14.5 Å².